The lowest BCUT2D eigenvalue weighted by molar-refractivity contribution is -0.136. The van der Waals surface area contributed by atoms with Crippen LogP contribution in [0.5, 0.6) is 0 Å². The standard InChI is InChI=1S/C15H15NO4/c1-2-10-3-4-13-12(7-10)11(9-17)8-16(13)14(18)5-6-15(19)20/h3-4,7-9H,2,5-6H2,1H3,(H,19,20). The number of hydrogen-bond donors (Lipinski definition) is 1. The van der Waals surface area contributed by atoms with E-state index in [1.807, 2.05) is 19.1 Å². The zero-order valence-electron chi connectivity index (χ0n) is 11.1. The molecule has 1 aromatic carbocycles. The Kier molecular flexibility index (Phi) is 3.98. The van der Waals surface area contributed by atoms with Gasteiger partial charge in [-0.2, -0.15) is 0 Å². The number of rotatable bonds is 5. The Hall–Kier alpha value is -2.43. The van der Waals surface area contributed by atoms with Gasteiger partial charge in [-0.25, -0.2) is 0 Å². The molecule has 0 fully saturated rings. The number of aromatic nitrogens is 1. The number of fused-ring (bicyclic) bond motifs is 1. The Morgan fingerprint density at radius 3 is 2.65 bits per heavy atom. The zero-order chi connectivity index (χ0) is 14.7. The summed E-state index contributed by atoms with van der Waals surface area (Å²) in [5, 5.41) is 9.35. The predicted molar refractivity (Wildman–Crippen MR) is 74.2 cm³/mol. The minimum atomic E-state index is -1.02. The first kappa shape index (κ1) is 14.0. The Morgan fingerprint density at radius 2 is 2.05 bits per heavy atom. The van der Waals surface area contributed by atoms with Crippen LogP contribution < -0.4 is 0 Å². The highest BCUT2D eigenvalue weighted by atomic mass is 16.4. The van der Waals surface area contributed by atoms with E-state index in [9.17, 15) is 14.4 Å². The number of carbonyl (C=O) groups excluding carboxylic acids is 2. The fraction of sp³-hybridized carbons (Fsp3) is 0.267. The summed E-state index contributed by atoms with van der Waals surface area (Å²) < 4.78 is 1.36. The molecule has 104 valence electrons. The molecule has 0 spiro atoms. The van der Waals surface area contributed by atoms with Crippen molar-refractivity contribution >= 4 is 29.1 Å². The van der Waals surface area contributed by atoms with Gasteiger partial charge in [0.1, 0.15) is 0 Å². The van der Waals surface area contributed by atoms with Gasteiger partial charge >= 0.3 is 5.97 Å². The molecule has 0 aliphatic carbocycles. The Balaban J connectivity index is 2.46. The number of nitrogens with zero attached hydrogens (tertiary/aromatic N) is 1. The lowest BCUT2D eigenvalue weighted by Gasteiger charge is -2.03. The summed E-state index contributed by atoms with van der Waals surface area (Å²) in [5.41, 5.74) is 2.16. The maximum absolute atomic E-state index is 12.0. The number of carboxylic acid groups (broad SMARTS) is 1. The number of aryl methyl sites for hydroxylation is 1. The molecule has 0 aliphatic rings. The second-order valence-electron chi connectivity index (χ2n) is 4.56. The fourth-order valence-corrected chi connectivity index (χ4v) is 2.16. The molecule has 0 saturated carbocycles. The number of aldehydes is 1. The van der Waals surface area contributed by atoms with Crippen molar-refractivity contribution in [1.29, 1.82) is 0 Å². The van der Waals surface area contributed by atoms with E-state index in [0.29, 0.717) is 17.4 Å². The topological polar surface area (TPSA) is 76.4 Å². The molecule has 0 radical (unpaired) electrons. The van der Waals surface area contributed by atoms with E-state index in [0.717, 1.165) is 17.4 Å². The van der Waals surface area contributed by atoms with Crippen LogP contribution >= 0.6 is 0 Å². The van der Waals surface area contributed by atoms with Gasteiger partial charge in [-0.1, -0.05) is 13.0 Å². The van der Waals surface area contributed by atoms with E-state index in [2.05, 4.69) is 0 Å². The molecule has 0 aliphatic heterocycles. The normalized spacial score (nSPS) is 10.7. The highest BCUT2D eigenvalue weighted by Gasteiger charge is 2.14. The number of benzene rings is 1. The van der Waals surface area contributed by atoms with Gasteiger partial charge in [0.2, 0.25) is 5.91 Å². The highest BCUT2D eigenvalue weighted by Crippen LogP contribution is 2.22. The molecule has 20 heavy (non-hydrogen) atoms. The van der Waals surface area contributed by atoms with Crippen LogP contribution in [0.1, 0.15) is 40.5 Å². The Labute approximate surface area is 115 Å². The van der Waals surface area contributed by atoms with Crippen molar-refractivity contribution < 1.29 is 19.5 Å². The average molecular weight is 273 g/mol. The number of carboxylic acids is 1. The van der Waals surface area contributed by atoms with E-state index in [-0.39, 0.29) is 18.7 Å². The van der Waals surface area contributed by atoms with E-state index >= 15 is 0 Å². The molecule has 0 amide bonds. The minimum absolute atomic E-state index is 0.0903. The van der Waals surface area contributed by atoms with Crippen molar-refractivity contribution in [2.75, 3.05) is 0 Å². The van der Waals surface area contributed by atoms with Crippen molar-refractivity contribution in [2.24, 2.45) is 0 Å². The van der Waals surface area contributed by atoms with E-state index in [4.69, 9.17) is 5.11 Å². The van der Waals surface area contributed by atoms with Crippen LogP contribution in [-0.4, -0.2) is 27.8 Å². The Morgan fingerprint density at radius 1 is 1.30 bits per heavy atom. The van der Waals surface area contributed by atoms with Crippen LogP contribution in [-0.2, 0) is 11.2 Å². The van der Waals surface area contributed by atoms with Crippen LogP contribution in [0.3, 0.4) is 0 Å². The highest BCUT2D eigenvalue weighted by molar-refractivity contribution is 6.02. The van der Waals surface area contributed by atoms with Gasteiger partial charge in [-0.3, -0.25) is 19.0 Å². The molecule has 5 heteroatoms. The average Bonchev–Trinajstić information content (AvgIpc) is 2.82. The summed E-state index contributed by atoms with van der Waals surface area (Å²) in [6, 6.07) is 5.58. The maximum atomic E-state index is 12.0. The van der Waals surface area contributed by atoms with Gasteiger partial charge in [-0.15, -0.1) is 0 Å². The second-order valence-corrected chi connectivity index (χ2v) is 4.56. The molecule has 0 bridgehead atoms. The van der Waals surface area contributed by atoms with Crippen LogP contribution in [0, 0.1) is 0 Å². The summed E-state index contributed by atoms with van der Waals surface area (Å²) in [6.07, 6.45) is 2.71. The largest absolute Gasteiger partial charge is 0.481 e. The SMILES string of the molecule is CCc1ccc2c(c1)c(C=O)cn2C(=O)CCC(=O)O. The zero-order valence-corrected chi connectivity index (χ0v) is 11.1. The summed E-state index contributed by atoms with van der Waals surface area (Å²) in [6.45, 7) is 2.01. The van der Waals surface area contributed by atoms with Gasteiger partial charge < -0.3 is 5.11 Å². The van der Waals surface area contributed by atoms with Crippen molar-refractivity contribution in [3.8, 4) is 0 Å². The molecule has 0 unspecified atom stereocenters. The predicted octanol–water partition coefficient (Wildman–Crippen LogP) is 2.52. The molecular weight excluding hydrogens is 258 g/mol. The van der Waals surface area contributed by atoms with Gasteiger partial charge in [0.25, 0.3) is 0 Å². The quantitative estimate of drug-likeness (QED) is 0.849. The monoisotopic (exact) mass is 273 g/mol. The van der Waals surface area contributed by atoms with Crippen molar-refractivity contribution in [1.82, 2.24) is 4.57 Å². The van der Waals surface area contributed by atoms with Gasteiger partial charge in [0.05, 0.1) is 11.9 Å². The van der Waals surface area contributed by atoms with Crippen LogP contribution in [0.15, 0.2) is 24.4 Å². The van der Waals surface area contributed by atoms with Gasteiger partial charge in [-0.05, 0) is 24.1 Å². The van der Waals surface area contributed by atoms with Gasteiger partial charge in [0.15, 0.2) is 6.29 Å². The Bertz CT molecular complexity index is 684. The summed E-state index contributed by atoms with van der Waals surface area (Å²) in [7, 11) is 0. The maximum Gasteiger partial charge on any atom is 0.303 e. The van der Waals surface area contributed by atoms with E-state index in [1.165, 1.54) is 10.8 Å². The molecule has 2 aromatic rings. The molecule has 2 rings (SSSR count). The number of aliphatic carboxylic acids is 1. The van der Waals surface area contributed by atoms with Crippen molar-refractivity contribution in [3.63, 3.8) is 0 Å². The van der Waals surface area contributed by atoms with E-state index in [1.54, 1.807) is 6.07 Å². The minimum Gasteiger partial charge on any atom is -0.481 e. The first-order chi connectivity index (χ1) is 9.56. The lowest BCUT2D eigenvalue weighted by Crippen LogP contribution is -2.11. The third kappa shape index (κ3) is 2.61. The molecular formula is C15H15NO4. The molecule has 1 heterocycles. The first-order valence-corrected chi connectivity index (χ1v) is 6.41. The summed E-state index contributed by atoms with van der Waals surface area (Å²) in [5.74, 6) is -1.34. The second kappa shape index (κ2) is 5.69. The lowest BCUT2D eigenvalue weighted by atomic mass is 10.1. The van der Waals surface area contributed by atoms with Crippen LogP contribution in [0.4, 0.5) is 0 Å². The molecule has 5 nitrogen and oxygen atoms in total. The van der Waals surface area contributed by atoms with Crippen molar-refractivity contribution in [2.45, 2.75) is 26.2 Å². The first-order valence-electron chi connectivity index (χ1n) is 6.41. The molecule has 0 atom stereocenters. The third-order valence-corrected chi connectivity index (χ3v) is 3.26. The van der Waals surface area contributed by atoms with Crippen LogP contribution in [0.25, 0.3) is 10.9 Å². The molecule has 0 saturated heterocycles. The number of carbonyl (C=O) groups is 3. The molecule has 1 aromatic heterocycles. The molecule has 1 N–H and O–H groups in total. The van der Waals surface area contributed by atoms with E-state index < -0.39 is 5.97 Å². The third-order valence-electron chi connectivity index (χ3n) is 3.26. The van der Waals surface area contributed by atoms with Crippen LogP contribution in [0.2, 0.25) is 0 Å². The summed E-state index contributed by atoms with van der Waals surface area (Å²) >= 11 is 0. The fourth-order valence-electron chi connectivity index (χ4n) is 2.16. The smallest absolute Gasteiger partial charge is 0.303 e. The van der Waals surface area contributed by atoms with Gasteiger partial charge in [0, 0.05) is 23.6 Å². The van der Waals surface area contributed by atoms with Crippen molar-refractivity contribution in [3.05, 3.63) is 35.5 Å². The summed E-state index contributed by atoms with van der Waals surface area (Å²) in [4.78, 5) is 33.7. The number of hydrogen-bond acceptors (Lipinski definition) is 3.